The Kier molecular flexibility index (Phi) is 5.67. The van der Waals surface area contributed by atoms with Crippen molar-refractivity contribution in [1.82, 2.24) is 20.3 Å². The standard InChI is InChI=1S/C19H15F5N6OS/c20-18(21)9-30(10-18)12-3-5-26-14(6-12)28-17-27-8-13(32-17)15(19(22,23)24)29-16(31)11-2-1-4-25-7-11/h1-8,15H,9-10H2,(H,29,31)(H,26,27,28). The van der Waals surface area contributed by atoms with Crippen LogP contribution in [0.5, 0.6) is 0 Å². The number of aromatic nitrogens is 3. The van der Waals surface area contributed by atoms with Gasteiger partial charge in [0.15, 0.2) is 11.2 Å². The van der Waals surface area contributed by atoms with E-state index >= 15 is 0 Å². The van der Waals surface area contributed by atoms with Gasteiger partial charge in [-0.3, -0.25) is 9.78 Å². The van der Waals surface area contributed by atoms with Crippen LogP contribution >= 0.6 is 11.3 Å². The summed E-state index contributed by atoms with van der Waals surface area (Å²) in [7, 11) is 0. The number of carbonyl (C=O) groups is 1. The highest BCUT2D eigenvalue weighted by Gasteiger charge is 2.44. The lowest BCUT2D eigenvalue weighted by atomic mass is 10.1. The second kappa shape index (κ2) is 8.30. The quantitative estimate of drug-likeness (QED) is 0.527. The molecule has 0 saturated carbocycles. The average molecular weight is 470 g/mol. The maximum atomic E-state index is 13.6. The number of pyridine rings is 2. The van der Waals surface area contributed by atoms with Crippen molar-refractivity contribution < 1.29 is 26.7 Å². The number of carbonyl (C=O) groups excluding carboxylic acids is 1. The normalized spacial score (nSPS) is 16.2. The van der Waals surface area contributed by atoms with Crippen molar-refractivity contribution in [2.45, 2.75) is 18.1 Å². The Balaban J connectivity index is 1.48. The molecule has 1 saturated heterocycles. The smallest absolute Gasteiger partial charge is 0.359 e. The van der Waals surface area contributed by atoms with E-state index in [9.17, 15) is 26.7 Å². The van der Waals surface area contributed by atoms with Gasteiger partial charge in [-0.05, 0) is 18.2 Å². The van der Waals surface area contributed by atoms with Crippen LogP contribution in [0.2, 0.25) is 0 Å². The first-order valence-corrected chi connectivity index (χ1v) is 10.0. The first kappa shape index (κ1) is 21.9. The van der Waals surface area contributed by atoms with Gasteiger partial charge in [0.25, 0.3) is 11.8 Å². The third-order valence-electron chi connectivity index (χ3n) is 4.52. The largest absolute Gasteiger partial charge is 0.413 e. The Morgan fingerprint density at radius 2 is 1.94 bits per heavy atom. The molecular weight excluding hydrogens is 455 g/mol. The molecule has 32 heavy (non-hydrogen) atoms. The third kappa shape index (κ3) is 4.93. The predicted molar refractivity (Wildman–Crippen MR) is 107 cm³/mol. The van der Waals surface area contributed by atoms with Crippen molar-refractivity contribution in [2.75, 3.05) is 23.3 Å². The van der Waals surface area contributed by atoms with Gasteiger partial charge < -0.3 is 15.5 Å². The molecule has 0 spiro atoms. The molecule has 0 aromatic carbocycles. The van der Waals surface area contributed by atoms with Crippen LogP contribution in [-0.4, -0.2) is 46.0 Å². The molecule has 1 unspecified atom stereocenters. The minimum atomic E-state index is -4.76. The number of hydrogen-bond acceptors (Lipinski definition) is 7. The van der Waals surface area contributed by atoms with Crippen LogP contribution in [-0.2, 0) is 0 Å². The second-order valence-corrected chi connectivity index (χ2v) is 8.06. The van der Waals surface area contributed by atoms with Crippen molar-refractivity contribution in [3.63, 3.8) is 0 Å². The summed E-state index contributed by atoms with van der Waals surface area (Å²) in [6.07, 6.45) is 0.206. The molecule has 168 valence electrons. The van der Waals surface area contributed by atoms with Gasteiger partial charge >= 0.3 is 6.18 Å². The van der Waals surface area contributed by atoms with Crippen molar-refractivity contribution >= 4 is 33.9 Å². The van der Waals surface area contributed by atoms with Crippen LogP contribution in [0.1, 0.15) is 21.3 Å². The van der Waals surface area contributed by atoms with E-state index in [-0.39, 0.29) is 21.4 Å². The zero-order valence-electron chi connectivity index (χ0n) is 16.1. The molecule has 0 radical (unpaired) electrons. The summed E-state index contributed by atoms with van der Waals surface area (Å²) in [6.45, 7) is -0.830. The van der Waals surface area contributed by atoms with Gasteiger partial charge in [-0.2, -0.15) is 13.2 Å². The molecule has 4 heterocycles. The van der Waals surface area contributed by atoms with E-state index in [4.69, 9.17) is 0 Å². The second-order valence-electron chi connectivity index (χ2n) is 6.99. The first-order valence-electron chi connectivity index (χ1n) is 9.20. The van der Waals surface area contributed by atoms with Gasteiger partial charge in [-0.1, -0.05) is 11.3 Å². The molecule has 1 amide bonds. The van der Waals surface area contributed by atoms with E-state index in [1.54, 1.807) is 6.07 Å². The molecule has 1 aliphatic rings. The van der Waals surface area contributed by atoms with Crippen molar-refractivity contribution in [3.8, 4) is 0 Å². The number of nitrogens with one attached hydrogen (secondary N) is 2. The van der Waals surface area contributed by atoms with Gasteiger partial charge in [-0.15, -0.1) is 0 Å². The molecule has 1 fully saturated rings. The van der Waals surface area contributed by atoms with Crippen molar-refractivity contribution in [1.29, 1.82) is 0 Å². The molecule has 1 aliphatic heterocycles. The lowest BCUT2D eigenvalue weighted by Crippen LogP contribution is -2.56. The molecular formula is C19H15F5N6OS. The number of nitrogens with zero attached hydrogens (tertiary/aromatic N) is 4. The predicted octanol–water partition coefficient (Wildman–Crippen LogP) is 4.17. The fourth-order valence-electron chi connectivity index (χ4n) is 2.99. The summed E-state index contributed by atoms with van der Waals surface area (Å²) in [5.41, 5.74) is 0.490. The topological polar surface area (TPSA) is 83.0 Å². The Morgan fingerprint density at radius 1 is 1.16 bits per heavy atom. The summed E-state index contributed by atoms with van der Waals surface area (Å²) < 4.78 is 67.0. The highest BCUT2D eigenvalue weighted by atomic mass is 32.1. The van der Waals surface area contributed by atoms with Gasteiger partial charge in [-0.25, -0.2) is 18.7 Å². The van der Waals surface area contributed by atoms with Crippen molar-refractivity contribution in [2.24, 2.45) is 0 Å². The van der Waals surface area contributed by atoms with E-state index < -0.39 is 37.1 Å². The van der Waals surface area contributed by atoms with Gasteiger partial charge in [0, 0.05) is 36.5 Å². The van der Waals surface area contributed by atoms with Crippen LogP contribution in [0, 0.1) is 0 Å². The number of thiazole rings is 1. The molecule has 0 aliphatic carbocycles. The monoisotopic (exact) mass is 470 g/mol. The van der Waals surface area contributed by atoms with Crippen molar-refractivity contribution in [3.05, 3.63) is 59.5 Å². The average Bonchev–Trinajstić information content (AvgIpc) is 3.17. The maximum absolute atomic E-state index is 13.6. The summed E-state index contributed by atoms with van der Waals surface area (Å²) in [6, 6.07) is 3.57. The zero-order chi connectivity index (χ0) is 22.9. The van der Waals surface area contributed by atoms with Crippen LogP contribution in [0.25, 0.3) is 0 Å². The first-order chi connectivity index (χ1) is 15.1. The molecule has 2 N–H and O–H groups in total. The number of halogens is 5. The van der Waals surface area contributed by atoms with E-state index in [2.05, 4.69) is 20.3 Å². The van der Waals surface area contributed by atoms with Crippen LogP contribution < -0.4 is 15.5 Å². The SMILES string of the molecule is O=C(NC(c1cnc(Nc2cc(N3CC(F)(F)C3)ccn2)s1)C(F)(F)F)c1cccnc1. The maximum Gasteiger partial charge on any atom is 0.413 e. The lowest BCUT2D eigenvalue weighted by molar-refractivity contribution is -0.154. The van der Waals surface area contributed by atoms with Crippen LogP contribution in [0.15, 0.2) is 49.1 Å². The number of anilines is 3. The summed E-state index contributed by atoms with van der Waals surface area (Å²) in [5.74, 6) is -3.43. The Morgan fingerprint density at radius 3 is 2.59 bits per heavy atom. The Labute approximate surface area is 182 Å². The van der Waals surface area contributed by atoms with E-state index in [1.165, 1.54) is 35.5 Å². The van der Waals surface area contributed by atoms with Gasteiger partial charge in [0.05, 0.1) is 23.5 Å². The minimum absolute atomic E-state index is 0.0119. The summed E-state index contributed by atoms with van der Waals surface area (Å²) >= 11 is 0.687. The Hall–Kier alpha value is -3.35. The van der Waals surface area contributed by atoms with Crippen LogP contribution in [0.4, 0.5) is 38.6 Å². The molecule has 3 aromatic heterocycles. The fraction of sp³-hybridized carbons (Fsp3) is 0.263. The summed E-state index contributed by atoms with van der Waals surface area (Å²) in [4.78, 5) is 25.1. The van der Waals surface area contributed by atoms with Gasteiger partial charge in [0.2, 0.25) is 0 Å². The molecule has 13 heteroatoms. The van der Waals surface area contributed by atoms with Gasteiger partial charge in [0.1, 0.15) is 5.82 Å². The minimum Gasteiger partial charge on any atom is -0.359 e. The number of amides is 1. The molecule has 1 atom stereocenters. The van der Waals surface area contributed by atoms with Crippen LogP contribution in [0.3, 0.4) is 0 Å². The highest BCUT2D eigenvalue weighted by Crippen LogP contribution is 2.38. The number of alkyl halides is 5. The molecule has 7 nitrogen and oxygen atoms in total. The Bertz CT molecular complexity index is 1100. The summed E-state index contributed by atoms with van der Waals surface area (Å²) in [5, 5.41) is 4.83. The molecule has 4 rings (SSSR count). The number of rotatable bonds is 6. The van der Waals surface area contributed by atoms with E-state index in [0.717, 1.165) is 12.4 Å². The third-order valence-corrected chi connectivity index (χ3v) is 5.50. The molecule has 3 aromatic rings. The highest BCUT2D eigenvalue weighted by molar-refractivity contribution is 7.15. The van der Waals surface area contributed by atoms with E-state index in [1.807, 2.05) is 5.32 Å². The van der Waals surface area contributed by atoms with E-state index in [0.29, 0.717) is 17.0 Å². The zero-order valence-corrected chi connectivity index (χ0v) is 16.9. The number of hydrogen-bond donors (Lipinski definition) is 2. The molecule has 0 bridgehead atoms. The fourth-order valence-corrected chi connectivity index (χ4v) is 3.89. The lowest BCUT2D eigenvalue weighted by Gasteiger charge is -2.40.